The molecule has 0 fully saturated rings. The van der Waals surface area contributed by atoms with Gasteiger partial charge >= 0.3 is 0 Å². The molecule has 2 heteroatoms. The fourth-order valence-electron chi connectivity index (χ4n) is 2.49. The number of allylic oxidation sites excluding steroid dienone is 4. The minimum absolute atomic E-state index is 0.231. The van der Waals surface area contributed by atoms with Gasteiger partial charge in [-0.2, -0.15) is 0 Å². The highest BCUT2D eigenvalue weighted by molar-refractivity contribution is 5.99. The van der Waals surface area contributed by atoms with E-state index in [9.17, 15) is 4.79 Å². The SMILES string of the molecule is O=C1CC2=C(CCC=C2)Cc2cnccc21. The van der Waals surface area contributed by atoms with Gasteiger partial charge in [0, 0.05) is 24.4 Å². The molecule has 3 rings (SSSR count). The van der Waals surface area contributed by atoms with E-state index in [0.29, 0.717) is 6.42 Å². The number of hydrogen-bond acceptors (Lipinski definition) is 2. The predicted octanol–water partition coefficient (Wildman–Crippen LogP) is 2.86. The number of carbonyl (C=O) groups is 1. The lowest BCUT2D eigenvalue weighted by Crippen LogP contribution is -2.01. The molecule has 0 bridgehead atoms. The van der Waals surface area contributed by atoms with Crippen molar-refractivity contribution in [2.45, 2.75) is 25.7 Å². The van der Waals surface area contributed by atoms with E-state index < -0.39 is 0 Å². The van der Waals surface area contributed by atoms with Crippen molar-refractivity contribution in [1.29, 1.82) is 0 Å². The van der Waals surface area contributed by atoms with Gasteiger partial charge < -0.3 is 0 Å². The van der Waals surface area contributed by atoms with Crippen LogP contribution in [-0.2, 0) is 6.42 Å². The quantitative estimate of drug-likeness (QED) is 0.660. The van der Waals surface area contributed by atoms with Gasteiger partial charge in [-0.3, -0.25) is 9.78 Å². The Balaban J connectivity index is 2.10. The van der Waals surface area contributed by atoms with Crippen LogP contribution in [0.4, 0.5) is 0 Å². The molecule has 2 nitrogen and oxygen atoms in total. The third-order valence-electron chi connectivity index (χ3n) is 3.34. The molecule has 0 unspecified atom stereocenters. The highest BCUT2D eigenvalue weighted by atomic mass is 16.1. The second-order valence-electron chi connectivity index (χ2n) is 4.38. The topological polar surface area (TPSA) is 30.0 Å². The molecular formula is C14H13NO. The van der Waals surface area contributed by atoms with Crippen molar-refractivity contribution in [3.8, 4) is 0 Å². The van der Waals surface area contributed by atoms with Crippen molar-refractivity contribution in [3.05, 3.63) is 52.9 Å². The van der Waals surface area contributed by atoms with Gasteiger partial charge in [0.25, 0.3) is 0 Å². The molecule has 0 atom stereocenters. The number of carbonyl (C=O) groups excluding carboxylic acids is 1. The van der Waals surface area contributed by atoms with Gasteiger partial charge in [-0.1, -0.05) is 17.7 Å². The number of aromatic nitrogens is 1. The summed E-state index contributed by atoms with van der Waals surface area (Å²) in [4.78, 5) is 16.2. The number of nitrogens with zero attached hydrogens (tertiary/aromatic N) is 1. The lowest BCUT2D eigenvalue weighted by atomic mass is 9.93. The third kappa shape index (κ3) is 1.51. The van der Waals surface area contributed by atoms with Gasteiger partial charge in [0.2, 0.25) is 0 Å². The second-order valence-corrected chi connectivity index (χ2v) is 4.38. The molecule has 0 N–H and O–H groups in total. The van der Waals surface area contributed by atoms with Crippen LogP contribution in [0.3, 0.4) is 0 Å². The van der Waals surface area contributed by atoms with Crippen LogP contribution in [0.1, 0.15) is 35.2 Å². The Hall–Kier alpha value is -1.70. The van der Waals surface area contributed by atoms with E-state index in [1.165, 1.54) is 11.1 Å². The first-order chi connectivity index (χ1) is 7.84. The van der Waals surface area contributed by atoms with E-state index in [1.54, 1.807) is 6.20 Å². The zero-order valence-corrected chi connectivity index (χ0v) is 9.07. The first-order valence-corrected chi connectivity index (χ1v) is 5.68. The van der Waals surface area contributed by atoms with E-state index in [4.69, 9.17) is 0 Å². The number of rotatable bonds is 0. The van der Waals surface area contributed by atoms with Crippen LogP contribution in [0.15, 0.2) is 41.8 Å². The van der Waals surface area contributed by atoms with Crippen molar-refractivity contribution in [2.75, 3.05) is 0 Å². The van der Waals surface area contributed by atoms with Crippen LogP contribution in [0, 0.1) is 0 Å². The van der Waals surface area contributed by atoms with Crippen LogP contribution in [-0.4, -0.2) is 10.8 Å². The Bertz CT molecular complexity index is 511. The molecule has 0 saturated heterocycles. The average molecular weight is 211 g/mol. The Morgan fingerprint density at radius 2 is 2.19 bits per heavy atom. The average Bonchev–Trinajstić information content (AvgIpc) is 2.45. The van der Waals surface area contributed by atoms with Crippen molar-refractivity contribution in [2.24, 2.45) is 0 Å². The zero-order valence-electron chi connectivity index (χ0n) is 9.07. The van der Waals surface area contributed by atoms with E-state index in [2.05, 4.69) is 17.1 Å². The number of Topliss-reactive ketones (excluding diaryl/α,β-unsaturated/α-hetero) is 1. The molecule has 2 aliphatic carbocycles. The molecule has 1 aromatic heterocycles. The minimum atomic E-state index is 0.231. The summed E-state index contributed by atoms with van der Waals surface area (Å²) in [7, 11) is 0. The second kappa shape index (κ2) is 3.71. The van der Waals surface area contributed by atoms with Gasteiger partial charge in [-0.05, 0) is 36.5 Å². The summed E-state index contributed by atoms with van der Waals surface area (Å²) in [6, 6.07) is 1.85. The zero-order chi connectivity index (χ0) is 11.0. The molecule has 0 radical (unpaired) electrons. The monoisotopic (exact) mass is 211 g/mol. The standard InChI is InChI=1S/C14H13NO/c16-14-8-11-4-2-1-3-10(11)7-12-9-15-6-5-13(12)14/h2,4-6,9H,1,3,7-8H2. The number of ketones is 1. The Kier molecular flexibility index (Phi) is 2.21. The Labute approximate surface area is 94.7 Å². The normalized spacial score (nSPS) is 19.1. The maximum atomic E-state index is 12.1. The van der Waals surface area contributed by atoms with Crippen LogP contribution < -0.4 is 0 Å². The number of hydrogen-bond donors (Lipinski definition) is 0. The fraction of sp³-hybridized carbons (Fsp3) is 0.286. The van der Waals surface area contributed by atoms with Gasteiger partial charge in [0.05, 0.1) is 0 Å². The maximum Gasteiger partial charge on any atom is 0.167 e. The Morgan fingerprint density at radius 3 is 3.12 bits per heavy atom. The summed E-state index contributed by atoms with van der Waals surface area (Å²) >= 11 is 0. The number of pyridine rings is 1. The minimum Gasteiger partial charge on any atom is -0.294 e. The van der Waals surface area contributed by atoms with E-state index in [-0.39, 0.29) is 5.78 Å². The van der Waals surface area contributed by atoms with E-state index >= 15 is 0 Å². The van der Waals surface area contributed by atoms with Crippen molar-refractivity contribution >= 4 is 5.78 Å². The van der Waals surface area contributed by atoms with Gasteiger partial charge in [0.15, 0.2) is 5.78 Å². The molecule has 2 aliphatic rings. The van der Waals surface area contributed by atoms with Crippen LogP contribution >= 0.6 is 0 Å². The van der Waals surface area contributed by atoms with Gasteiger partial charge in [-0.15, -0.1) is 0 Å². The van der Waals surface area contributed by atoms with Crippen molar-refractivity contribution in [3.63, 3.8) is 0 Å². The third-order valence-corrected chi connectivity index (χ3v) is 3.34. The predicted molar refractivity (Wildman–Crippen MR) is 62.3 cm³/mol. The molecule has 0 amide bonds. The summed E-state index contributed by atoms with van der Waals surface area (Å²) in [5.41, 5.74) is 4.60. The van der Waals surface area contributed by atoms with Crippen LogP contribution in [0.5, 0.6) is 0 Å². The van der Waals surface area contributed by atoms with Crippen molar-refractivity contribution in [1.82, 2.24) is 4.98 Å². The number of fused-ring (bicyclic) bond motifs is 1. The van der Waals surface area contributed by atoms with Gasteiger partial charge in [-0.25, -0.2) is 0 Å². The summed E-state index contributed by atoms with van der Waals surface area (Å²) in [5, 5.41) is 0. The summed E-state index contributed by atoms with van der Waals surface area (Å²) in [6.07, 6.45) is 11.5. The van der Waals surface area contributed by atoms with E-state index in [1.807, 2.05) is 12.3 Å². The van der Waals surface area contributed by atoms with Gasteiger partial charge in [0.1, 0.15) is 0 Å². The molecule has 0 aliphatic heterocycles. The smallest absolute Gasteiger partial charge is 0.167 e. The molecule has 1 heterocycles. The highest BCUT2D eigenvalue weighted by Gasteiger charge is 2.21. The molecule has 1 aromatic rings. The lowest BCUT2D eigenvalue weighted by Gasteiger charge is -2.12. The molecule has 0 saturated carbocycles. The summed E-state index contributed by atoms with van der Waals surface area (Å²) in [5.74, 6) is 0.231. The van der Waals surface area contributed by atoms with Crippen LogP contribution in [0.25, 0.3) is 0 Å². The first-order valence-electron chi connectivity index (χ1n) is 5.68. The summed E-state index contributed by atoms with van der Waals surface area (Å²) < 4.78 is 0. The largest absolute Gasteiger partial charge is 0.294 e. The Morgan fingerprint density at radius 1 is 1.25 bits per heavy atom. The molecule has 80 valence electrons. The lowest BCUT2D eigenvalue weighted by molar-refractivity contribution is 0.0993. The highest BCUT2D eigenvalue weighted by Crippen LogP contribution is 2.30. The molecular weight excluding hydrogens is 198 g/mol. The van der Waals surface area contributed by atoms with E-state index in [0.717, 1.165) is 30.4 Å². The molecule has 0 aromatic carbocycles. The van der Waals surface area contributed by atoms with Crippen LogP contribution in [0.2, 0.25) is 0 Å². The van der Waals surface area contributed by atoms with Crippen molar-refractivity contribution < 1.29 is 4.79 Å². The molecule has 16 heavy (non-hydrogen) atoms. The fourth-order valence-corrected chi connectivity index (χ4v) is 2.49. The maximum absolute atomic E-state index is 12.1. The summed E-state index contributed by atoms with van der Waals surface area (Å²) in [6.45, 7) is 0. The first kappa shape index (κ1) is 9.52. The molecule has 0 spiro atoms.